The normalized spacial score (nSPS) is 5.78. The molecule has 48 valence electrons. The molecule has 0 aliphatic carbocycles. The molecule has 0 radical (unpaired) electrons. The van der Waals surface area contributed by atoms with Gasteiger partial charge in [0.05, 0.1) is 0 Å². The molecule has 6 nitrogen and oxygen atoms in total. The van der Waals surface area contributed by atoms with Crippen molar-refractivity contribution in [2.24, 2.45) is 0 Å². The van der Waals surface area contributed by atoms with Gasteiger partial charge in [-0.25, -0.2) is 0 Å². The molecule has 0 aromatic rings. The molecule has 0 bridgehead atoms. The summed E-state index contributed by atoms with van der Waals surface area (Å²) in [5, 5.41) is 0. The minimum atomic E-state index is -4.29. The molecule has 0 spiro atoms. The molecule has 0 atom stereocenters. The minimum absolute atomic E-state index is 0. The first-order valence-electron chi connectivity index (χ1n) is 1.22. The molecule has 0 aromatic carbocycles. The van der Waals surface area contributed by atoms with Gasteiger partial charge in [-0.05, 0) is 0 Å². The van der Waals surface area contributed by atoms with Crippen molar-refractivity contribution in [1.82, 2.24) is 0 Å². The van der Waals surface area contributed by atoms with E-state index in [-0.39, 0.29) is 21.7 Å². The fourth-order valence-electron chi connectivity index (χ4n) is 0. The standard InChI is InChI=1S/6O.2Ti.Zr/q;;4*-1;;+4;. The number of rotatable bonds is 0. The van der Waals surface area contributed by atoms with E-state index in [9.17, 15) is 0 Å². The molecular formula is O6Ti2Zr. The van der Waals surface area contributed by atoms with Crippen LogP contribution < -0.4 is 13.7 Å². The second kappa shape index (κ2) is 12.4. The van der Waals surface area contributed by atoms with Gasteiger partial charge >= 0.3 is 82.8 Å². The van der Waals surface area contributed by atoms with Gasteiger partial charge in [0.1, 0.15) is 0 Å². The van der Waals surface area contributed by atoms with Gasteiger partial charge < -0.3 is 0 Å². The summed E-state index contributed by atoms with van der Waals surface area (Å²) in [5.74, 6) is 0. The van der Waals surface area contributed by atoms with Crippen LogP contribution in [0.4, 0.5) is 0 Å². The van der Waals surface area contributed by atoms with Crippen LogP contribution in [0.1, 0.15) is 0 Å². The summed E-state index contributed by atoms with van der Waals surface area (Å²) in [4.78, 5) is 0. The molecule has 0 amide bonds. The summed E-state index contributed by atoms with van der Waals surface area (Å²) in [6, 6.07) is 0. The summed E-state index contributed by atoms with van der Waals surface area (Å²) < 4.78 is 51.6. The van der Waals surface area contributed by atoms with E-state index >= 15 is 0 Å². The molecule has 0 aromatic heterocycles. The Morgan fingerprint density at radius 1 is 1.22 bits per heavy atom. The van der Waals surface area contributed by atoms with Gasteiger partial charge in [-0.1, -0.05) is 0 Å². The Bertz CT molecular complexity index is 69.1. The maximum absolute atomic E-state index is 8.61. The van der Waals surface area contributed by atoms with E-state index in [1.807, 2.05) is 0 Å². The van der Waals surface area contributed by atoms with Crippen molar-refractivity contribution in [3.05, 3.63) is 0 Å². The maximum Gasteiger partial charge on any atom is 4.00 e. The van der Waals surface area contributed by atoms with E-state index in [2.05, 4.69) is 0 Å². The third-order valence-corrected chi connectivity index (χ3v) is 0. The molecule has 0 fully saturated rings. The van der Waals surface area contributed by atoms with Crippen LogP contribution in [0.3, 0.4) is 0 Å². The maximum atomic E-state index is 8.61. The third-order valence-electron chi connectivity index (χ3n) is 0. The van der Waals surface area contributed by atoms with Crippen LogP contribution in [0, 0.1) is 0 Å². The van der Waals surface area contributed by atoms with Crippen molar-refractivity contribution in [2.45, 2.75) is 0 Å². The zero-order valence-corrected chi connectivity index (χ0v) is 9.53. The Kier molecular flexibility index (Phi) is 23.5. The second-order valence-corrected chi connectivity index (χ2v) is 2.51. The zero-order valence-electron chi connectivity index (χ0n) is 3.95. The van der Waals surface area contributed by atoms with Crippen LogP contribution in [0.5, 0.6) is 0 Å². The molecule has 0 unspecified atom stereocenters. The van der Waals surface area contributed by atoms with E-state index < -0.39 is 41.3 Å². The summed E-state index contributed by atoms with van der Waals surface area (Å²) in [6.07, 6.45) is 0. The summed E-state index contributed by atoms with van der Waals surface area (Å²) >= 11 is -8.38. The largest absolute Gasteiger partial charge is 4.00 e. The van der Waals surface area contributed by atoms with Crippen molar-refractivity contribution < 1.29 is 82.8 Å². The summed E-state index contributed by atoms with van der Waals surface area (Å²) in [7, 11) is 0. The van der Waals surface area contributed by atoms with Crippen molar-refractivity contribution in [2.75, 3.05) is 0 Å². The molecule has 0 saturated heterocycles. The number of hydrogen-bond donors (Lipinski definition) is 0. The predicted octanol–water partition coefficient (Wildman–Crippen LogP) is -5.00. The van der Waals surface area contributed by atoms with Crippen LogP contribution >= 0.6 is 0 Å². The Balaban J connectivity index is -0.0000000720. The molecule has 0 aliphatic rings. The topological polar surface area (TPSA) is 126 Å². The van der Waals surface area contributed by atoms with Crippen molar-refractivity contribution in [3.8, 4) is 0 Å². The van der Waals surface area contributed by atoms with Crippen LogP contribution in [0.15, 0.2) is 0 Å². The van der Waals surface area contributed by atoms with Gasteiger partial charge in [0.25, 0.3) is 0 Å². The van der Waals surface area contributed by atoms with E-state index in [1.54, 1.807) is 0 Å². The van der Waals surface area contributed by atoms with Crippen molar-refractivity contribution in [3.63, 3.8) is 0 Å². The van der Waals surface area contributed by atoms with E-state index in [4.69, 9.17) is 19.9 Å². The molecule has 0 saturated carbocycles. The van der Waals surface area contributed by atoms with Crippen molar-refractivity contribution >= 4 is 0 Å². The van der Waals surface area contributed by atoms with Gasteiger partial charge in [-0.15, -0.1) is 0 Å². The SMILES string of the molecule is [O]=[Ti]([O-])[O-].[O]=[Zr]([O-])[O-].[Ti+4]. The Morgan fingerprint density at radius 2 is 1.22 bits per heavy atom. The fraction of sp³-hybridized carbons (Fsp3) is 0. The van der Waals surface area contributed by atoms with E-state index in [0.29, 0.717) is 0 Å². The van der Waals surface area contributed by atoms with Crippen molar-refractivity contribution in [1.29, 1.82) is 0 Å². The average molecular weight is 283 g/mol. The minimum Gasteiger partial charge on any atom is 4.00 e. The monoisotopic (exact) mass is 282 g/mol. The number of hydrogen-bond acceptors (Lipinski definition) is 6. The molecule has 9 heteroatoms. The van der Waals surface area contributed by atoms with Gasteiger partial charge in [0.2, 0.25) is 0 Å². The smallest absolute Gasteiger partial charge is 4.00 e. The Labute approximate surface area is 81.9 Å². The molecule has 9 heavy (non-hydrogen) atoms. The molecular weight excluding hydrogens is 283 g/mol. The zero-order chi connectivity index (χ0) is 7.15. The van der Waals surface area contributed by atoms with Gasteiger partial charge in [-0.2, -0.15) is 0 Å². The first-order valence-corrected chi connectivity index (χ1v) is 6.15. The molecule has 0 rings (SSSR count). The second-order valence-electron chi connectivity index (χ2n) is 0.500. The first-order chi connectivity index (χ1) is 3.46. The summed E-state index contributed by atoms with van der Waals surface area (Å²) in [5.41, 5.74) is 0. The Hall–Kier alpha value is 1.75. The summed E-state index contributed by atoms with van der Waals surface area (Å²) in [6.45, 7) is 0. The van der Waals surface area contributed by atoms with Gasteiger partial charge in [0.15, 0.2) is 0 Å². The molecule has 0 aliphatic heterocycles. The predicted molar refractivity (Wildman–Crippen MR) is 1.37 cm³/mol. The van der Waals surface area contributed by atoms with Crippen LogP contribution in [0.2, 0.25) is 0 Å². The van der Waals surface area contributed by atoms with Crippen LogP contribution in [0.25, 0.3) is 0 Å². The average Bonchev–Trinajstić information content (AvgIpc) is 1.25. The van der Waals surface area contributed by atoms with Gasteiger partial charge in [-0.3, -0.25) is 0 Å². The quantitative estimate of drug-likeness (QED) is 0.410. The Morgan fingerprint density at radius 3 is 1.22 bits per heavy atom. The molecule has 0 heterocycles. The van der Waals surface area contributed by atoms with Crippen LogP contribution in [-0.2, 0) is 69.1 Å². The fourth-order valence-corrected chi connectivity index (χ4v) is 0. The molecule has 0 N–H and O–H groups in total. The third kappa shape index (κ3) is 191. The first kappa shape index (κ1) is 17.0. The van der Waals surface area contributed by atoms with E-state index in [0.717, 1.165) is 0 Å². The van der Waals surface area contributed by atoms with Gasteiger partial charge in [0, 0.05) is 0 Å². The van der Waals surface area contributed by atoms with E-state index in [1.165, 1.54) is 0 Å². The van der Waals surface area contributed by atoms with Crippen LogP contribution in [-0.4, -0.2) is 0 Å².